The third-order valence-electron chi connectivity index (χ3n) is 3.94. The van der Waals surface area contributed by atoms with Gasteiger partial charge in [0, 0.05) is 10.7 Å². The summed E-state index contributed by atoms with van der Waals surface area (Å²) in [4.78, 5) is 48.7. The molecule has 0 aliphatic carbocycles. The molecule has 0 fully saturated rings. The smallest absolute Gasteiger partial charge is 0.328 e. The molecule has 0 bridgehead atoms. The van der Waals surface area contributed by atoms with Crippen molar-refractivity contribution in [3.8, 4) is 0 Å². The van der Waals surface area contributed by atoms with Gasteiger partial charge in [-0.05, 0) is 37.3 Å². The summed E-state index contributed by atoms with van der Waals surface area (Å²) in [6.07, 6.45) is -1.12. The predicted molar refractivity (Wildman–Crippen MR) is 104 cm³/mol. The molecule has 144 valence electrons. The van der Waals surface area contributed by atoms with Crippen LogP contribution < -0.4 is 16.4 Å². The van der Waals surface area contributed by atoms with Crippen molar-refractivity contribution in [1.29, 1.82) is 0 Å². The molecule has 0 aliphatic heterocycles. The summed E-state index contributed by atoms with van der Waals surface area (Å²) >= 11 is 5.85. The van der Waals surface area contributed by atoms with Crippen molar-refractivity contribution in [1.82, 2.24) is 9.78 Å². The number of esters is 1. The monoisotopic (exact) mass is 401 g/mol. The highest BCUT2D eigenvalue weighted by atomic mass is 35.5. The number of amides is 1. The molecular formula is C19H16ClN3O5. The average Bonchev–Trinajstić information content (AvgIpc) is 2.66. The van der Waals surface area contributed by atoms with E-state index in [4.69, 9.17) is 16.3 Å². The van der Waals surface area contributed by atoms with Crippen LogP contribution in [0, 0.1) is 0 Å². The Balaban J connectivity index is 1.69. The number of nitrogens with one attached hydrogen (secondary N) is 2. The molecule has 0 saturated heterocycles. The van der Waals surface area contributed by atoms with Crippen molar-refractivity contribution < 1.29 is 14.3 Å². The fourth-order valence-corrected chi connectivity index (χ4v) is 2.78. The van der Waals surface area contributed by atoms with E-state index in [0.29, 0.717) is 10.7 Å². The van der Waals surface area contributed by atoms with Crippen LogP contribution in [-0.4, -0.2) is 27.8 Å². The molecule has 3 aromatic rings. The fourth-order valence-electron chi connectivity index (χ4n) is 2.59. The molecule has 1 heterocycles. The van der Waals surface area contributed by atoms with Gasteiger partial charge in [0.05, 0.1) is 10.8 Å². The highest BCUT2D eigenvalue weighted by Gasteiger charge is 2.19. The number of nitrogens with zero attached hydrogens (tertiary/aromatic N) is 1. The summed E-state index contributed by atoms with van der Waals surface area (Å²) in [5.41, 5.74) is -0.589. The van der Waals surface area contributed by atoms with Crippen LogP contribution in [0.5, 0.6) is 0 Å². The number of fused-ring (bicyclic) bond motifs is 1. The lowest BCUT2D eigenvalue weighted by Gasteiger charge is -2.14. The number of H-pyrrole nitrogens is 1. The first kappa shape index (κ1) is 19.4. The normalized spacial score (nSPS) is 11.8. The Bertz CT molecular complexity index is 1170. The van der Waals surface area contributed by atoms with E-state index >= 15 is 0 Å². The first-order valence-corrected chi connectivity index (χ1v) is 8.71. The van der Waals surface area contributed by atoms with Gasteiger partial charge < -0.3 is 10.1 Å². The van der Waals surface area contributed by atoms with Gasteiger partial charge >= 0.3 is 5.97 Å². The van der Waals surface area contributed by atoms with E-state index in [-0.39, 0.29) is 10.8 Å². The Labute approximate surface area is 163 Å². The standard InChI is InChI=1S/C19H16ClN3O5/c1-11(17(25)21-13-6-4-5-12(20)9-13)28-16(24)10-23-19(27)15-8-3-2-7-14(15)18(26)22-23/h2-9,11H,10H2,1H3,(H,21,25)(H,22,26)/t11-/m0/s1. The van der Waals surface area contributed by atoms with Gasteiger partial charge in [-0.1, -0.05) is 29.8 Å². The number of aromatic nitrogens is 2. The van der Waals surface area contributed by atoms with Crippen molar-refractivity contribution in [2.75, 3.05) is 5.32 Å². The topological polar surface area (TPSA) is 110 Å². The van der Waals surface area contributed by atoms with Crippen molar-refractivity contribution in [3.63, 3.8) is 0 Å². The van der Waals surface area contributed by atoms with E-state index in [1.165, 1.54) is 19.1 Å². The van der Waals surface area contributed by atoms with Gasteiger partial charge in [-0.3, -0.25) is 24.3 Å². The number of anilines is 1. The SMILES string of the molecule is C[C@H](OC(=O)Cn1[nH]c(=O)c2ccccc2c1=O)C(=O)Nc1cccc(Cl)c1. The molecule has 28 heavy (non-hydrogen) atoms. The zero-order chi connectivity index (χ0) is 20.3. The second kappa shape index (κ2) is 8.10. The first-order chi connectivity index (χ1) is 13.3. The van der Waals surface area contributed by atoms with Crippen LogP contribution in [0.2, 0.25) is 5.02 Å². The largest absolute Gasteiger partial charge is 0.451 e. The summed E-state index contributed by atoms with van der Waals surface area (Å²) < 4.78 is 5.92. The Morgan fingerprint density at radius 2 is 1.86 bits per heavy atom. The lowest BCUT2D eigenvalue weighted by molar-refractivity contribution is -0.154. The van der Waals surface area contributed by atoms with E-state index in [1.54, 1.807) is 36.4 Å². The minimum atomic E-state index is -1.12. The van der Waals surface area contributed by atoms with Crippen LogP contribution in [0.15, 0.2) is 58.1 Å². The number of rotatable bonds is 5. The maximum absolute atomic E-state index is 12.4. The van der Waals surface area contributed by atoms with Gasteiger partial charge in [-0.15, -0.1) is 0 Å². The third-order valence-corrected chi connectivity index (χ3v) is 4.18. The number of hydrogen-bond acceptors (Lipinski definition) is 5. The van der Waals surface area contributed by atoms with Crippen LogP contribution in [0.3, 0.4) is 0 Å². The minimum Gasteiger partial charge on any atom is -0.451 e. The van der Waals surface area contributed by atoms with Crippen LogP contribution in [0.25, 0.3) is 10.8 Å². The zero-order valence-electron chi connectivity index (χ0n) is 14.8. The highest BCUT2D eigenvalue weighted by molar-refractivity contribution is 6.30. The van der Waals surface area contributed by atoms with Gasteiger partial charge in [0.15, 0.2) is 6.10 Å². The van der Waals surface area contributed by atoms with E-state index in [9.17, 15) is 19.2 Å². The lowest BCUT2D eigenvalue weighted by Crippen LogP contribution is -2.35. The molecule has 1 amide bonds. The van der Waals surface area contributed by atoms with Crippen molar-refractivity contribution in [3.05, 3.63) is 74.3 Å². The molecule has 1 aromatic heterocycles. The second-order valence-electron chi connectivity index (χ2n) is 6.01. The molecule has 9 heteroatoms. The molecule has 8 nitrogen and oxygen atoms in total. The summed E-state index contributed by atoms with van der Waals surface area (Å²) in [5, 5.41) is 5.76. The summed E-state index contributed by atoms with van der Waals surface area (Å²) in [6, 6.07) is 12.8. The quantitative estimate of drug-likeness (QED) is 0.634. The first-order valence-electron chi connectivity index (χ1n) is 8.33. The fraction of sp³-hybridized carbons (Fsp3) is 0.158. The van der Waals surface area contributed by atoms with Gasteiger partial charge in [-0.25, -0.2) is 4.68 Å². The third kappa shape index (κ3) is 4.29. The number of ether oxygens (including phenoxy) is 1. The van der Waals surface area contributed by atoms with Crippen LogP contribution in [0.4, 0.5) is 5.69 Å². The van der Waals surface area contributed by atoms with Crippen molar-refractivity contribution in [2.45, 2.75) is 19.6 Å². The molecular weight excluding hydrogens is 386 g/mol. The second-order valence-corrected chi connectivity index (χ2v) is 6.45. The zero-order valence-corrected chi connectivity index (χ0v) is 15.5. The molecule has 0 aliphatic rings. The van der Waals surface area contributed by atoms with Crippen LogP contribution in [0.1, 0.15) is 6.92 Å². The Morgan fingerprint density at radius 1 is 1.14 bits per heavy atom. The molecule has 2 N–H and O–H groups in total. The number of aromatic amines is 1. The maximum atomic E-state index is 12.4. The van der Waals surface area contributed by atoms with Crippen molar-refractivity contribution in [2.24, 2.45) is 0 Å². The molecule has 0 radical (unpaired) electrons. The number of hydrogen-bond donors (Lipinski definition) is 2. The molecule has 0 unspecified atom stereocenters. The van der Waals surface area contributed by atoms with Crippen molar-refractivity contribution >= 4 is 39.9 Å². The lowest BCUT2D eigenvalue weighted by atomic mass is 10.2. The molecule has 3 rings (SSSR count). The number of benzene rings is 2. The Morgan fingerprint density at radius 3 is 2.57 bits per heavy atom. The Hall–Kier alpha value is -3.39. The average molecular weight is 402 g/mol. The summed E-state index contributed by atoms with van der Waals surface area (Å²) in [7, 11) is 0. The molecule has 0 saturated carbocycles. The predicted octanol–water partition coefficient (Wildman–Crippen LogP) is 1.91. The molecule has 0 spiro atoms. The van der Waals surface area contributed by atoms with Crippen LogP contribution >= 0.6 is 11.6 Å². The summed E-state index contributed by atoms with van der Waals surface area (Å²) in [5.74, 6) is -1.41. The maximum Gasteiger partial charge on any atom is 0.328 e. The van der Waals surface area contributed by atoms with Gasteiger partial charge in [0.25, 0.3) is 17.0 Å². The highest BCUT2D eigenvalue weighted by Crippen LogP contribution is 2.15. The van der Waals surface area contributed by atoms with E-state index in [0.717, 1.165) is 4.68 Å². The van der Waals surface area contributed by atoms with Crippen LogP contribution in [-0.2, 0) is 20.9 Å². The van der Waals surface area contributed by atoms with Gasteiger partial charge in [-0.2, -0.15) is 0 Å². The van der Waals surface area contributed by atoms with Gasteiger partial charge in [0.1, 0.15) is 6.54 Å². The van der Waals surface area contributed by atoms with Gasteiger partial charge in [0.2, 0.25) is 0 Å². The molecule has 1 atom stereocenters. The summed E-state index contributed by atoms with van der Waals surface area (Å²) in [6.45, 7) is 0.859. The van der Waals surface area contributed by atoms with E-state index in [1.807, 2.05) is 0 Å². The Kier molecular flexibility index (Phi) is 5.60. The van der Waals surface area contributed by atoms with E-state index in [2.05, 4.69) is 10.4 Å². The minimum absolute atomic E-state index is 0.186. The number of carbonyl (C=O) groups is 2. The number of halogens is 1. The van der Waals surface area contributed by atoms with E-state index < -0.39 is 35.6 Å². The number of carbonyl (C=O) groups excluding carboxylic acids is 2. The molecule has 2 aromatic carbocycles.